The number of likely N-dealkylation sites (tertiary alicyclic amines) is 1. The summed E-state index contributed by atoms with van der Waals surface area (Å²) in [6, 6.07) is 5.26. The van der Waals surface area contributed by atoms with Crippen molar-refractivity contribution in [2.45, 2.75) is 38.9 Å². The molecule has 1 aromatic carbocycles. The molecule has 1 unspecified atom stereocenters. The molecule has 188 valence electrons. The van der Waals surface area contributed by atoms with Crippen LogP contribution < -0.4 is 10.1 Å². The number of carbonyl (C=O) groups excluding carboxylic acids is 1. The molecule has 9 heteroatoms. The van der Waals surface area contributed by atoms with Crippen molar-refractivity contribution in [1.29, 1.82) is 0 Å². The quantitative estimate of drug-likeness (QED) is 0.531. The van der Waals surface area contributed by atoms with Crippen LogP contribution in [-0.4, -0.2) is 59.3 Å². The molecule has 2 aromatic rings. The van der Waals surface area contributed by atoms with Gasteiger partial charge in [-0.15, -0.1) is 0 Å². The topological polar surface area (TPSA) is 59.4 Å². The number of carbonyl (C=O) groups is 1. The molecular weight excluding hydrogens is 457 g/mol. The lowest BCUT2D eigenvalue weighted by atomic mass is 10.0. The van der Waals surface area contributed by atoms with E-state index >= 15 is 0 Å². The van der Waals surface area contributed by atoms with Gasteiger partial charge in [-0.3, -0.25) is 9.69 Å². The van der Waals surface area contributed by atoms with E-state index in [2.05, 4.69) is 21.8 Å². The van der Waals surface area contributed by atoms with Gasteiger partial charge in [0.25, 0.3) is 5.91 Å². The normalized spacial score (nSPS) is 17.5. The van der Waals surface area contributed by atoms with Crippen molar-refractivity contribution in [2.75, 3.05) is 26.7 Å². The first-order valence-corrected chi connectivity index (χ1v) is 11.4. The number of aromatic nitrogens is 2. The summed E-state index contributed by atoms with van der Waals surface area (Å²) in [4.78, 5) is 19.3. The van der Waals surface area contributed by atoms with Crippen molar-refractivity contribution >= 4 is 5.91 Å². The zero-order valence-electron chi connectivity index (χ0n) is 20.2. The number of piperidine rings is 1. The van der Waals surface area contributed by atoms with E-state index in [1.165, 1.54) is 6.08 Å². The molecule has 0 spiro atoms. The molecular formula is C26H31F3N4O2. The largest absolute Gasteiger partial charge is 0.495 e. The Hall–Kier alpha value is -3.33. The SMILES string of the molecule is C=C(/C=C\C=C(/C)C(F)(F)F)CN1CCCC(NC(=O)c2ccc(-n3cnc(C)c3)c(OC)c2)C1. The molecule has 0 radical (unpaired) electrons. The Morgan fingerprint density at radius 1 is 1.37 bits per heavy atom. The average molecular weight is 489 g/mol. The van der Waals surface area contributed by atoms with Gasteiger partial charge in [0.05, 0.1) is 24.8 Å². The van der Waals surface area contributed by atoms with Gasteiger partial charge in [0.15, 0.2) is 0 Å². The number of benzene rings is 1. The number of amides is 1. The molecule has 2 heterocycles. The van der Waals surface area contributed by atoms with E-state index in [1.807, 2.05) is 23.8 Å². The molecule has 0 bridgehead atoms. The third kappa shape index (κ3) is 7.32. The van der Waals surface area contributed by atoms with Crippen molar-refractivity contribution in [3.05, 3.63) is 77.9 Å². The van der Waals surface area contributed by atoms with Crippen molar-refractivity contribution in [3.8, 4) is 11.4 Å². The number of ether oxygens (including phenoxy) is 1. The summed E-state index contributed by atoms with van der Waals surface area (Å²) in [6.07, 6.45) is 5.00. The van der Waals surface area contributed by atoms with Gasteiger partial charge in [0.2, 0.25) is 0 Å². The maximum Gasteiger partial charge on any atom is 0.412 e. The zero-order valence-corrected chi connectivity index (χ0v) is 20.2. The van der Waals surface area contributed by atoms with Crippen LogP contribution in [0.3, 0.4) is 0 Å². The number of methoxy groups -OCH3 is 1. The second-order valence-electron chi connectivity index (χ2n) is 8.72. The van der Waals surface area contributed by atoms with Crippen LogP contribution in [0.1, 0.15) is 35.8 Å². The van der Waals surface area contributed by atoms with Gasteiger partial charge in [-0.05, 0) is 57.0 Å². The lowest BCUT2D eigenvalue weighted by Gasteiger charge is -2.33. The third-order valence-electron chi connectivity index (χ3n) is 5.82. The number of hydrogen-bond acceptors (Lipinski definition) is 4. The fraction of sp³-hybridized carbons (Fsp3) is 0.385. The van der Waals surface area contributed by atoms with Gasteiger partial charge < -0.3 is 14.6 Å². The van der Waals surface area contributed by atoms with E-state index in [9.17, 15) is 18.0 Å². The second kappa shape index (κ2) is 11.4. The van der Waals surface area contributed by atoms with Crippen LogP contribution in [0, 0.1) is 6.92 Å². The van der Waals surface area contributed by atoms with Crippen LogP contribution in [0.4, 0.5) is 13.2 Å². The van der Waals surface area contributed by atoms with Crippen LogP contribution in [0.5, 0.6) is 5.75 Å². The van der Waals surface area contributed by atoms with Crippen LogP contribution in [0.25, 0.3) is 5.69 Å². The number of halogens is 3. The highest BCUT2D eigenvalue weighted by atomic mass is 19.4. The fourth-order valence-electron chi connectivity index (χ4n) is 3.93. The van der Waals surface area contributed by atoms with E-state index in [0.29, 0.717) is 30.0 Å². The highest BCUT2D eigenvalue weighted by molar-refractivity contribution is 5.95. The first-order chi connectivity index (χ1) is 16.6. The monoisotopic (exact) mass is 488 g/mol. The summed E-state index contributed by atoms with van der Waals surface area (Å²) in [6.45, 7) is 8.88. The lowest BCUT2D eigenvalue weighted by Crippen LogP contribution is -2.48. The molecule has 0 saturated carbocycles. The third-order valence-corrected chi connectivity index (χ3v) is 5.82. The summed E-state index contributed by atoms with van der Waals surface area (Å²) in [5, 5.41) is 3.09. The van der Waals surface area contributed by atoms with Gasteiger partial charge >= 0.3 is 6.18 Å². The summed E-state index contributed by atoms with van der Waals surface area (Å²) >= 11 is 0. The standard InChI is InChI=1S/C26H31F3N4O2/c1-18(7-5-8-19(2)26(27,28)29)14-32-12-6-9-22(16-32)31-25(34)21-10-11-23(24(13-21)35-4)33-15-20(3)30-17-33/h5,7-8,10-11,13,15,17,22H,1,6,9,12,14,16H2,2-4H3,(H,31,34)/b7-5-,19-8+. The molecule has 1 aromatic heterocycles. The molecule has 1 N–H and O–H groups in total. The number of nitrogens with zero attached hydrogens (tertiary/aromatic N) is 3. The predicted octanol–water partition coefficient (Wildman–Crippen LogP) is 5.00. The Kier molecular flexibility index (Phi) is 8.56. The Morgan fingerprint density at radius 3 is 2.80 bits per heavy atom. The number of nitrogens with one attached hydrogen (secondary N) is 1. The maximum atomic E-state index is 12.9. The number of allylic oxidation sites excluding steroid dienone is 3. The summed E-state index contributed by atoms with van der Waals surface area (Å²) < 4.78 is 45.1. The Balaban J connectivity index is 1.58. The Bertz CT molecular complexity index is 1120. The number of alkyl halides is 3. The number of rotatable bonds is 8. The van der Waals surface area contributed by atoms with Crippen molar-refractivity contribution in [2.24, 2.45) is 0 Å². The Labute approximate surface area is 203 Å². The second-order valence-corrected chi connectivity index (χ2v) is 8.72. The molecule has 3 rings (SSSR count). The fourth-order valence-corrected chi connectivity index (χ4v) is 3.93. The number of imidazole rings is 1. The average Bonchev–Trinajstić information content (AvgIpc) is 3.24. The molecule has 1 amide bonds. The zero-order chi connectivity index (χ0) is 25.6. The molecule has 0 aliphatic carbocycles. The van der Waals surface area contributed by atoms with E-state index in [0.717, 1.165) is 43.8 Å². The van der Waals surface area contributed by atoms with Gasteiger partial charge in [-0.1, -0.05) is 24.8 Å². The maximum absolute atomic E-state index is 12.9. The van der Waals surface area contributed by atoms with Crippen LogP contribution in [0.15, 0.2) is 66.7 Å². The van der Waals surface area contributed by atoms with Gasteiger partial charge in [-0.2, -0.15) is 13.2 Å². The number of aryl methyl sites for hydroxylation is 1. The van der Waals surface area contributed by atoms with Crippen molar-refractivity contribution < 1.29 is 22.7 Å². The van der Waals surface area contributed by atoms with Gasteiger partial charge in [-0.25, -0.2) is 4.98 Å². The van der Waals surface area contributed by atoms with Gasteiger partial charge in [0, 0.05) is 36.5 Å². The van der Waals surface area contributed by atoms with Crippen molar-refractivity contribution in [1.82, 2.24) is 19.8 Å². The highest BCUT2D eigenvalue weighted by Gasteiger charge is 2.29. The summed E-state index contributed by atoms with van der Waals surface area (Å²) in [7, 11) is 1.56. The van der Waals surface area contributed by atoms with E-state index in [4.69, 9.17) is 4.74 Å². The first-order valence-electron chi connectivity index (χ1n) is 11.4. The van der Waals surface area contributed by atoms with E-state index < -0.39 is 11.7 Å². The summed E-state index contributed by atoms with van der Waals surface area (Å²) in [5.41, 5.74) is 2.21. The predicted molar refractivity (Wildman–Crippen MR) is 130 cm³/mol. The van der Waals surface area contributed by atoms with Crippen molar-refractivity contribution in [3.63, 3.8) is 0 Å². The lowest BCUT2D eigenvalue weighted by molar-refractivity contribution is -0.0913. The Morgan fingerprint density at radius 2 is 2.14 bits per heavy atom. The minimum Gasteiger partial charge on any atom is -0.495 e. The highest BCUT2D eigenvalue weighted by Crippen LogP contribution is 2.26. The molecule has 1 fully saturated rings. The minimum absolute atomic E-state index is 0.0395. The molecule has 1 aliphatic rings. The van der Waals surface area contributed by atoms with Gasteiger partial charge in [0.1, 0.15) is 5.75 Å². The first kappa shape index (κ1) is 26.3. The smallest absolute Gasteiger partial charge is 0.412 e. The molecule has 1 atom stereocenters. The van der Waals surface area contributed by atoms with Crippen LogP contribution in [-0.2, 0) is 0 Å². The number of hydrogen-bond donors (Lipinski definition) is 1. The molecule has 35 heavy (non-hydrogen) atoms. The van der Waals surface area contributed by atoms with Crippen LogP contribution in [0.2, 0.25) is 0 Å². The summed E-state index contributed by atoms with van der Waals surface area (Å²) in [5.74, 6) is 0.383. The minimum atomic E-state index is -4.33. The molecule has 6 nitrogen and oxygen atoms in total. The van der Waals surface area contributed by atoms with E-state index in [-0.39, 0.29) is 11.9 Å². The molecule has 1 saturated heterocycles. The molecule has 1 aliphatic heterocycles. The van der Waals surface area contributed by atoms with Crippen LogP contribution >= 0.6 is 0 Å². The van der Waals surface area contributed by atoms with E-state index in [1.54, 1.807) is 31.6 Å².